The van der Waals surface area contributed by atoms with Gasteiger partial charge in [-0.2, -0.15) is 0 Å². The Morgan fingerprint density at radius 1 is 1.06 bits per heavy atom. The zero-order chi connectivity index (χ0) is 21.3. The Morgan fingerprint density at radius 2 is 1.84 bits per heavy atom. The van der Waals surface area contributed by atoms with Gasteiger partial charge in [-0.3, -0.25) is 4.99 Å². The lowest BCUT2D eigenvalue weighted by atomic mass is 9.74. The molecule has 3 aliphatic rings. The summed E-state index contributed by atoms with van der Waals surface area (Å²) >= 11 is 5.36. The third-order valence-corrected chi connectivity index (χ3v) is 8.37. The molecule has 0 spiro atoms. The SMILES string of the molecule is CC1=C(c2ccc(Br)cc2)N2C(=N[C@@H]3c4c(ccc5ccccc45)OC[C@@H]3C2(C)C)S1. The summed E-state index contributed by atoms with van der Waals surface area (Å²) in [5, 5.41) is 3.60. The van der Waals surface area contributed by atoms with E-state index in [-0.39, 0.29) is 17.5 Å². The fourth-order valence-corrected chi connectivity index (χ4v) is 6.68. The van der Waals surface area contributed by atoms with Gasteiger partial charge >= 0.3 is 0 Å². The van der Waals surface area contributed by atoms with Gasteiger partial charge in [0.1, 0.15) is 5.75 Å². The second-order valence-electron chi connectivity index (χ2n) is 8.98. The second kappa shape index (κ2) is 6.88. The molecule has 31 heavy (non-hydrogen) atoms. The van der Waals surface area contributed by atoms with E-state index in [0.29, 0.717) is 6.61 Å². The molecule has 2 atom stereocenters. The number of thioether (sulfide) groups is 1. The maximum atomic E-state index is 6.34. The van der Waals surface area contributed by atoms with Crippen LogP contribution in [0.2, 0.25) is 0 Å². The number of aliphatic imine (C=N–C) groups is 1. The quantitative estimate of drug-likeness (QED) is 0.359. The van der Waals surface area contributed by atoms with E-state index in [4.69, 9.17) is 9.73 Å². The predicted molar refractivity (Wildman–Crippen MR) is 133 cm³/mol. The topological polar surface area (TPSA) is 24.8 Å². The molecular weight excluding hydrogens is 468 g/mol. The van der Waals surface area contributed by atoms with Gasteiger partial charge in [0.15, 0.2) is 5.17 Å². The number of hydrogen-bond donors (Lipinski definition) is 0. The lowest BCUT2D eigenvalue weighted by Crippen LogP contribution is -2.56. The molecule has 6 rings (SSSR count). The van der Waals surface area contributed by atoms with E-state index in [1.165, 1.54) is 32.5 Å². The van der Waals surface area contributed by atoms with Crippen molar-refractivity contribution in [1.29, 1.82) is 0 Å². The van der Waals surface area contributed by atoms with Gasteiger partial charge in [0.05, 0.1) is 18.3 Å². The van der Waals surface area contributed by atoms with Crippen LogP contribution >= 0.6 is 27.7 Å². The Bertz CT molecular complexity index is 1280. The highest BCUT2D eigenvalue weighted by atomic mass is 79.9. The van der Waals surface area contributed by atoms with E-state index < -0.39 is 0 Å². The Balaban J connectivity index is 1.53. The van der Waals surface area contributed by atoms with E-state index in [2.05, 4.69) is 102 Å². The number of halogens is 1. The van der Waals surface area contributed by atoms with E-state index in [1.54, 1.807) is 11.8 Å². The molecule has 3 heterocycles. The number of allylic oxidation sites excluding steroid dienone is 1. The van der Waals surface area contributed by atoms with Gasteiger partial charge in [0.2, 0.25) is 0 Å². The molecule has 3 nitrogen and oxygen atoms in total. The van der Waals surface area contributed by atoms with Crippen molar-refractivity contribution in [2.45, 2.75) is 32.4 Å². The van der Waals surface area contributed by atoms with E-state index in [1.807, 2.05) is 0 Å². The van der Waals surface area contributed by atoms with Crippen LogP contribution in [0.4, 0.5) is 0 Å². The summed E-state index contributed by atoms with van der Waals surface area (Å²) in [6, 6.07) is 21.6. The van der Waals surface area contributed by atoms with Crippen molar-refractivity contribution >= 4 is 49.3 Å². The van der Waals surface area contributed by atoms with Crippen molar-refractivity contribution in [1.82, 2.24) is 4.90 Å². The minimum absolute atomic E-state index is 0.0978. The Labute approximate surface area is 195 Å². The highest BCUT2D eigenvalue weighted by Crippen LogP contribution is 2.55. The monoisotopic (exact) mass is 490 g/mol. The third-order valence-electron chi connectivity index (χ3n) is 6.87. The molecule has 156 valence electrons. The number of amidine groups is 1. The van der Waals surface area contributed by atoms with Crippen LogP contribution in [0.1, 0.15) is 37.9 Å². The number of rotatable bonds is 1. The number of fused-ring (bicyclic) bond motifs is 6. The Morgan fingerprint density at radius 3 is 2.65 bits per heavy atom. The summed E-state index contributed by atoms with van der Waals surface area (Å²) in [4.78, 5) is 9.12. The summed E-state index contributed by atoms with van der Waals surface area (Å²) in [6.07, 6.45) is 0. The van der Waals surface area contributed by atoms with Crippen molar-refractivity contribution in [2.24, 2.45) is 10.9 Å². The van der Waals surface area contributed by atoms with Gasteiger partial charge in [-0.15, -0.1) is 0 Å². The van der Waals surface area contributed by atoms with Crippen LogP contribution < -0.4 is 4.74 Å². The maximum Gasteiger partial charge on any atom is 0.169 e. The third kappa shape index (κ3) is 2.82. The minimum atomic E-state index is -0.135. The zero-order valence-corrected chi connectivity index (χ0v) is 20.1. The first-order valence-electron chi connectivity index (χ1n) is 10.6. The standard InChI is InChI=1S/C26H23BrN2OS/c1-15-24(17-8-11-18(27)12-9-17)29-25(31-15)28-23-20(26(29,2)3)14-30-21-13-10-16-6-4-5-7-19(16)22(21)23/h4-13,20,23H,14H2,1-3H3/t20-,23-/m0/s1. The minimum Gasteiger partial charge on any atom is -0.493 e. The molecule has 0 bridgehead atoms. The van der Waals surface area contributed by atoms with Gasteiger partial charge in [-0.1, -0.05) is 70.2 Å². The molecular formula is C26H23BrN2OS. The van der Waals surface area contributed by atoms with Crippen molar-refractivity contribution in [3.8, 4) is 5.75 Å². The fourth-order valence-electron chi connectivity index (χ4n) is 5.25. The number of hydrogen-bond acceptors (Lipinski definition) is 4. The van der Waals surface area contributed by atoms with Gasteiger partial charge in [-0.05, 0) is 55.3 Å². The lowest BCUT2D eigenvalue weighted by molar-refractivity contribution is 0.0753. The number of benzene rings is 3. The average molecular weight is 491 g/mol. The molecule has 0 N–H and O–H groups in total. The summed E-state index contributed by atoms with van der Waals surface area (Å²) in [6.45, 7) is 7.57. The first-order chi connectivity index (χ1) is 14.9. The van der Waals surface area contributed by atoms with Crippen LogP contribution in [-0.2, 0) is 0 Å². The van der Waals surface area contributed by atoms with E-state index >= 15 is 0 Å². The maximum absolute atomic E-state index is 6.34. The summed E-state index contributed by atoms with van der Waals surface area (Å²) in [5.74, 6) is 1.24. The number of ether oxygens (including phenoxy) is 1. The van der Waals surface area contributed by atoms with Crippen molar-refractivity contribution in [2.75, 3.05) is 6.61 Å². The fraction of sp³-hybridized carbons (Fsp3) is 0.269. The molecule has 0 fully saturated rings. The lowest BCUT2D eigenvalue weighted by Gasteiger charge is -2.51. The van der Waals surface area contributed by atoms with Crippen molar-refractivity contribution in [3.63, 3.8) is 0 Å². The molecule has 0 saturated carbocycles. The Kier molecular flexibility index (Phi) is 4.31. The van der Waals surface area contributed by atoms with Crippen LogP contribution in [0.3, 0.4) is 0 Å². The first kappa shape index (κ1) is 19.4. The molecule has 3 aromatic carbocycles. The molecule has 0 unspecified atom stereocenters. The van der Waals surface area contributed by atoms with E-state index in [0.717, 1.165) is 15.4 Å². The van der Waals surface area contributed by atoms with Crippen LogP contribution in [0.15, 0.2) is 75.0 Å². The Hall–Kier alpha value is -2.24. The summed E-state index contributed by atoms with van der Waals surface area (Å²) in [7, 11) is 0. The summed E-state index contributed by atoms with van der Waals surface area (Å²) < 4.78 is 7.44. The molecule has 3 aliphatic heterocycles. The number of nitrogens with zero attached hydrogens (tertiary/aromatic N) is 2. The average Bonchev–Trinajstić information content (AvgIpc) is 3.10. The van der Waals surface area contributed by atoms with Gasteiger partial charge in [0, 0.05) is 26.4 Å². The largest absolute Gasteiger partial charge is 0.493 e. The predicted octanol–water partition coefficient (Wildman–Crippen LogP) is 7.24. The van der Waals surface area contributed by atoms with Gasteiger partial charge in [-0.25, -0.2) is 0 Å². The van der Waals surface area contributed by atoms with Crippen LogP contribution in [-0.4, -0.2) is 22.2 Å². The van der Waals surface area contributed by atoms with E-state index in [9.17, 15) is 0 Å². The molecule has 5 heteroatoms. The molecule has 0 saturated heterocycles. The molecule has 3 aromatic rings. The molecule has 0 aromatic heterocycles. The molecule has 0 amide bonds. The second-order valence-corrected chi connectivity index (χ2v) is 11.1. The van der Waals surface area contributed by atoms with Crippen molar-refractivity contribution < 1.29 is 4.74 Å². The van der Waals surface area contributed by atoms with Crippen molar-refractivity contribution in [3.05, 3.63) is 81.2 Å². The molecule has 0 radical (unpaired) electrons. The van der Waals surface area contributed by atoms with Crippen LogP contribution in [0.25, 0.3) is 16.5 Å². The van der Waals surface area contributed by atoms with Gasteiger partial charge < -0.3 is 9.64 Å². The van der Waals surface area contributed by atoms with Crippen LogP contribution in [0, 0.1) is 5.92 Å². The summed E-state index contributed by atoms with van der Waals surface area (Å²) in [5.41, 5.74) is 3.60. The van der Waals surface area contributed by atoms with Gasteiger partial charge in [0.25, 0.3) is 0 Å². The molecule has 0 aliphatic carbocycles. The smallest absolute Gasteiger partial charge is 0.169 e. The highest BCUT2D eigenvalue weighted by molar-refractivity contribution is 9.10. The normalized spacial score (nSPS) is 23.7. The van der Waals surface area contributed by atoms with Crippen LogP contribution in [0.5, 0.6) is 5.75 Å². The zero-order valence-electron chi connectivity index (χ0n) is 17.7. The first-order valence-corrected chi connectivity index (χ1v) is 12.2. The highest BCUT2D eigenvalue weighted by Gasteiger charge is 2.52.